The first-order chi connectivity index (χ1) is 13.9. The van der Waals surface area contributed by atoms with E-state index in [1.807, 2.05) is 6.07 Å². The van der Waals surface area contributed by atoms with Gasteiger partial charge in [-0.05, 0) is 24.6 Å². The molecule has 2 aromatic rings. The number of unbranched alkanes of at least 4 members (excludes halogenated alkanes) is 2. The topological polar surface area (TPSA) is 112 Å². The molecule has 0 aliphatic heterocycles. The average molecular weight is 437 g/mol. The molecule has 0 spiro atoms. The molecule has 0 saturated carbocycles. The summed E-state index contributed by atoms with van der Waals surface area (Å²) in [7, 11) is 0. The lowest BCUT2D eigenvalue weighted by Crippen LogP contribution is -2.35. The number of carboxylic acids is 1. The Balaban J connectivity index is 2.13. The molecular weight excluding hydrogens is 412 g/mol. The van der Waals surface area contributed by atoms with Gasteiger partial charge in [-0.25, -0.2) is 9.78 Å². The van der Waals surface area contributed by atoms with Crippen LogP contribution in [0.5, 0.6) is 0 Å². The van der Waals surface area contributed by atoms with Gasteiger partial charge in [0.25, 0.3) is 0 Å². The van der Waals surface area contributed by atoms with Crippen molar-refractivity contribution in [2.45, 2.75) is 37.3 Å². The zero-order valence-electron chi connectivity index (χ0n) is 16.3. The Kier molecular flexibility index (Phi) is 8.94. The maximum absolute atomic E-state index is 12.9. The van der Waals surface area contributed by atoms with Crippen molar-refractivity contribution in [2.75, 3.05) is 27.8 Å². The third kappa shape index (κ3) is 7.74. The average Bonchev–Trinajstić information content (AvgIpc) is 3.10. The summed E-state index contributed by atoms with van der Waals surface area (Å²) < 4.78 is 0.716. The number of carbonyl (C=O) groups excluding carboxylic acids is 2. The number of nitrogens with zero attached hydrogens (tertiary/aromatic N) is 2. The van der Waals surface area contributed by atoms with Crippen molar-refractivity contribution < 1.29 is 19.5 Å². The zero-order valence-corrected chi connectivity index (χ0v) is 17.9. The zero-order chi connectivity index (χ0) is 21.2. The molecule has 0 bridgehead atoms. The van der Waals surface area contributed by atoms with Gasteiger partial charge < -0.3 is 10.4 Å². The first-order valence-electron chi connectivity index (χ1n) is 9.15. The van der Waals surface area contributed by atoms with Gasteiger partial charge in [-0.1, -0.05) is 37.2 Å². The van der Waals surface area contributed by atoms with Crippen LogP contribution in [0.1, 0.15) is 33.1 Å². The van der Waals surface area contributed by atoms with Gasteiger partial charge in [0.05, 0.1) is 16.2 Å². The number of hydrogen-bond acceptors (Lipinski definition) is 6. The van der Waals surface area contributed by atoms with Crippen molar-refractivity contribution in [3.63, 3.8) is 0 Å². The van der Waals surface area contributed by atoms with Crippen molar-refractivity contribution in [3.05, 3.63) is 30.5 Å². The number of thiazole rings is 1. The summed E-state index contributed by atoms with van der Waals surface area (Å²) in [4.78, 5) is 40.7. The number of hydrogen-bond donors (Lipinski definition) is 3. The Bertz CT molecular complexity index is 856. The first-order valence-corrected chi connectivity index (χ1v) is 11.0. The number of anilines is 3. The highest BCUT2D eigenvalue weighted by Gasteiger charge is 2.18. The van der Waals surface area contributed by atoms with Crippen molar-refractivity contribution in [1.82, 2.24) is 4.98 Å². The Hall–Kier alpha value is -2.59. The predicted octanol–water partition coefficient (Wildman–Crippen LogP) is 4.51. The molecular formula is C19H24N4O4S2. The van der Waals surface area contributed by atoms with Crippen molar-refractivity contribution in [2.24, 2.45) is 0 Å². The molecule has 1 aromatic carbocycles. The Morgan fingerprint density at radius 2 is 2.03 bits per heavy atom. The molecule has 1 heterocycles. The van der Waals surface area contributed by atoms with Gasteiger partial charge in [0.15, 0.2) is 5.13 Å². The number of aromatic nitrogens is 1. The van der Waals surface area contributed by atoms with E-state index >= 15 is 0 Å². The second kappa shape index (κ2) is 11.4. The quantitative estimate of drug-likeness (QED) is 0.373. The van der Waals surface area contributed by atoms with Gasteiger partial charge in [-0.3, -0.25) is 19.8 Å². The van der Waals surface area contributed by atoms with Crippen molar-refractivity contribution in [1.29, 1.82) is 0 Å². The third-order valence-electron chi connectivity index (χ3n) is 3.74. The summed E-state index contributed by atoms with van der Waals surface area (Å²) in [5.41, 5.74) is 1.28. The molecule has 2 rings (SSSR count). The molecule has 10 heteroatoms. The molecule has 0 fully saturated rings. The molecule has 8 nitrogen and oxygen atoms in total. The van der Waals surface area contributed by atoms with Gasteiger partial charge in [-0.2, -0.15) is 0 Å². The molecule has 3 N–H and O–H groups in total. The molecule has 3 amide bonds. The van der Waals surface area contributed by atoms with Crippen LogP contribution in [-0.2, 0) is 9.59 Å². The number of rotatable bonds is 10. The third-order valence-corrected chi connectivity index (χ3v) is 5.84. The molecule has 156 valence electrons. The second-order valence-corrected chi connectivity index (χ2v) is 8.49. The Morgan fingerprint density at radius 3 is 2.72 bits per heavy atom. The van der Waals surface area contributed by atoms with Gasteiger partial charge in [0.2, 0.25) is 5.91 Å². The van der Waals surface area contributed by atoms with E-state index in [9.17, 15) is 14.4 Å². The summed E-state index contributed by atoms with van der Waals surface area (Å²) in [5, 5.41) is 14.7. The number of carbonyl (C=O) groups is 3. The fourth-order valence-corrected chi connectivity index (χ4v) is 4.08. The van der Waals surface area contributed by atoms with Crippen LogP contribution in [-0.4, -0.2) is 40.3 Å². The molecule has 0 saturated heterocycles. The fraction of sp³-hybridized carbons (Fsp3) is 0.368. The summed E-state index contributed by atoms with van der Waals surface area (Å²) >= 11 is 2.39. The maximum Gasteiger partial charge on any atom is 0.328 e. The minimum absolute atomic E-state index is 0.0608. The lowest BCUT2D eigenvalue weighted by atomic mass is 10.2. The van der Waals surface area contributed by atoms with E-state index in [2.05, 4.69) is 22.5 Å². The number of thioether (sulfide) groups is 1. The Labute approximate surface area is 177 Å². The van der Waals surface area contributed by atoms with E-state index in [4.69, 9.17) is 5.11 Å². The van der Waals surface area contributed by atoms with E-state index in [0.717, 1.165) is 31.0 Å². The van der Waals surface area contributed by atoms with Crippen LogP contribution in [0.3, 0.4) is 0 Å². The van der Waals surface area contributed by atoms with Crippen molar-refractivity contribution in [3.8, 4) is 0 Å². The fourth-order valence-electron chi connectivity index (χ4n) is 2.50. The number of amides is 3. The minimum Gasteiger partial charge on any atom is -0.481 e. The summed E-state index contributed by atoms with van der Waals surface area (Å²) in [6.45, 7) is 4.05. The number of aliphatic carboxylic acids is 1. The summed E-state index contributed by atoms with van der Waals surface area (Å²) in [6, 6.07) is 6.78. The summed E-state index contributed by atoms with van der Waals surface area (Å²) in [6.07, 6.45) is 4.40. The van der Waals surface area contributed by atoms with E-state index in [-0.39, 0.29) is 17.7 Å². The van der Waals surface area contributed by atoms with Gasteiger partial charge >= 0.3 is 12.0 Å². The van der Waals surface area contributed by atoms with Crippen molar-refractivity contribution >= 4 is 57.5 Å². The molecule has 0 aliphatic carbocycles. The largest absolute Gasteiger partial charge is 0.481 e. The summed E-state index contributed by atoms with van der Waals surface area (Å²) in [5.74, 6) is -1.15. The lowest BCUT2D eigenvalue weighted by Gasteiger charge is -2.23. The number of benzene rings is 1. The van der Waals surface area contributed by atoms with Crippen LogP contribution in [0.15, 0.2) is 34.7 Å². The standard InChI is InChI=1S/C19H24N4O4S2/c1-3-4-5-9-23(15-8-6-7-14(10-15)21-13(2)24)19(27)22-18-20-11-17(29-18)28-12-16(25)26/h6-8,10-11H,3-5,9,12H2,1-2H3,(H,21,24)(H,25,26)(H,20,22,27). The minimum atomic E-state index is -0.907. The molecule has 1 aromatic heterocycles. The second-order valence-electron chi connectivity index (χ2n) is 6.19. The SMILES string of the molecule is CCCCCN(C(=O)Nc1ncc(SCC(=O)O)s1)c1cccc(NC(C)=O)c1. The number of nitrogens with one attached hydrogen (secondary N) is 2. The van der Waals surface area contributed by atoms with Crippen LogP contribution in [0.2, 0.25) is 0 Å². The van der Waals surface area contributed by atoms with E-state index in [0.29, 0.717) is 27.3 Å². The van der Waals surface area contributed by atoms with Crippen LogP contribution in [0.4, 0.5) is 21.3 Å². The molecule has 0 atom stereocenters. The smallest absolute Gasteiger partial charge is 0.328 e. The normalized spacial score (nSPS) is 10.4. The maximum atomic E-state index is 12.9. The van der Waals surface area contributed by atoms with Crippen LogP contribution >= 0.6 is 23.1 Å². The van der Waals surface area contributed by atoms with Gasteiger partial charge in [0, 0.05) is 24.8 Å². The highest BCUT2D eigenvalue weighted by Crippen LogP contribution is 2.29. The van der Waals surface area contributed by atoms with Gasteiger partial charge in [-0.15, -0.1) is 11.8 Å². The molecule has 0 aliphatic rings. The van der Waals surface area contributed by atoms with Crippen LogP contribution in [0.25, 0.3) is 0 Å². The highest BCUT2D eigenvalue weighted by atomic mass is 32.2. The molecule has 29 heavy (non-hydrogen) atoms. The highest BCUT2D eigenvalue weighted by molar-refractivity contribution is 8.01. The monoisotopic (exact) mass is 436 g/mol. The first kappa shape index (κ1) is 22.7. The predicted molar refractivity (Wildman–Crippen MR) is 117 cm³/mol. The number of carboxylic acid groups (broad SMARTS) is 1. The molecule has 0 radical (unpaired) electrons. The van der Waals surface area contributed by atoms with E-state index in [1.165, 1.54) is 18.3 Å². The van der Waals surface area contributed by atoms with Crippen LogP contribution < -0.4 is 15.5 Å². The van der Waals surface area contributed by atoms with E-state index in [1.54, 1.807) is 29.3 Å². The van der Waals surface area contributed by atoms with E-state index < -0.39 is 5.97 Å². The lowest BCUT2D eigenvalue weighted by molar-refractivity contribution is -0.133. The van der Waals surface area contributed by atoms with Gasteiger partial charge in [0.1, 0.15) is 0 Å². The van der Waals surface area contributed by atoms with Crippen LogP contribution in [0, 0.1) is 0 Å². The Morgan fingerprint density at radius 1 is 1.24 bits per heavy atom. The number of urea groups is 1. The molecule has 0 unspecified atom stereocenters.